The van der Waals surface area contributed by atoms with E-state index in [0.717, 1.165) is 6.42 Å². The van der Waals surface area contributed by atoms with Gasteiger partial charge in [-0.05, 0) is 42.9 Å². The van der Waals surface area contributed by atoms with Gasteiger partial charge in [0, 0.05) is 31.7 Å². The fourth-order valence-electron chi connectivity index (χ4n) is 3.20. The summed E-state index contributed by atoms with van der Waals surface area (Å²) >= 11 is 0. The lowest BCUT2D eigenvalue weighted by Crippen LogP contribution is -2.38. The van der Waals surface area contributed by atoms with Crippen molar-refractivity contribution in [3.8, 4) is 0 Å². The van der Waals surface area contributed by atoms with Gasteiger partial charge in [-0.15, -0.1) is 0 Å². The van der Waals surface area contributed by atoms with Gasteiger partial charge in [0.25, 0.3) is 5.91 Å². The highest BCUT2D eigenvalue weighted by Gasteiger charge is 2.26. The number of carbonyl (C=O) groups is 1. The Hall–Kier alpha value is -1.40. The molecule has 6 heteroatoms. The van der Waals surface area contributed by atoms with Crippen molar-refractivity contribution in [3.05, 3.63) is 35.4 Å². The Kier molecular flexibility index (Phi) is 7.02. The number of sulfonamides is 1. The Labute approximate surface area is 152 Å². The average Bonchev–Trinajstić information content (AvgIpc) is 2.81. The third-order valence-electron chi connectivity index (χ3n) is 4.44. The fraction of sp³-hybridized carbons (Fsp3) is 0.632. The summed E-state index contributed by atoms with van der Waals surface area (Å²) in [6.45, 7) is 8.16. The second-order valence-electron chi connectivity index (χ2n) is 7.16. The van der Waals surface area contributed by atoms with Gasteiger partial charge >= 0.3 is 0 Å². The summed E-state index contributed by atoms with van der Waals surface area (Å²) in [4.78, 5) is 14.5. The van der Waals surface area contributed by atoms with E-state index >= 15 is 0 Å². The number of hydrogen-bond donors (Lipinski definition) is 0. The van der Waals surface area contributed by atoms with Crippen molar-refractivity contribution in [3.63, 3.8) is 0 Å². The summed E-state index contributed by atoms with van der Waals surface area (Å²) in [5, 5.41) is 0. The van der Waals surface area contributed by atoms with Crippen LogP contribution in [0.4, 0.5) is 0 Å². The summed E-state index contributed by atoms with van der Waals surface area (Å²) < 4.78 is 26.0. The molecule has 1 amide bonds. The van der Waals surface area contributed by atoms with E-state index in [4.69, 9.17) is 0 Å². The summed E-state index contributed by atoms with van der Waals surface area (Å²) in [6.07, 6.45) is 2.30. The van der Waals surface area contributed by atoms with Crippen LogP contribution in [-0.4, -0.2) is 55.5 Å². The quantitative estimate of drug-likeness (QED) is 0.778. The van der Waals surface area contributed by atoms with Crippen molar-refractivity contribution in [2.24, 2.45) is 5.92 Å². The molecule has 1 aliphatic rings. The van der Waals surface area contributed by atoms with E-state index in [0.29, 0.717) is 50.5 Å². The molecule has 0 N–H and O–H groups in total. The maximum atomic E-state index is 12.7. The lowest BCUT2D eigenvalue weighted by atomic mass is 10.0. The SMILES string of the molecule is CCCS(=O)(=O)N1CCCN(C(=O)c2ccc(CC(C)C)cc2)CC1. The normalized spacial score (nSPS) is 16.9. The van der Waals surface area contributed by atoms with Gasteiger partial charge in [0.15, 0.2) is 0 Å². The van der Waals surface area contributed by atoms with E-state index in [1.807, 2.05) is 31.2 Å². The highest BCUT2D eigenvalue weighted by molar-refractivity contribution is 7.89. The minimum atomic E-state index is -3.19. The summed E-state index contributed by atoms with van der Waals surface area (Å²) in [5.74, 6) is 0.757. The van der Waals surface area contributed by atoms with E-state index < -0.39 is 10.0 Å². The summed E-state index contributed by atoms with van der Waals surface area (Å²) in [7, 11) is -3.19. The Balaban J connectivity index is 2.01. The van der Waals surface area contributed by atoms with E-state index in [9.17, 15) is 13.2 Å². The van der Waals surface area contributed by atoms with Crippen LogP contribution in [0.5, 0.6) is 0 Å². The maximum Gasteiger partial charge on any atom is 0.253 e. The van der Waals surface area contributed by atoms with Gasteiger partial charge in [0.2, 0.25) is 10.0 Å². The molecule has 1 fully saturated rings. The van der Waals surface area contributed by atoms with Crippen molar-refractivity contribution in [2.45, 2.75) is 40.0 Å². The summed E-state index contributed by atoms with van der Waals surface area (Å²) in [5.41, 5.74) is 1.91. The molecular weight excluding hydrogens is 336 g/mol. The molecule has 0 radical (unpaired) electrons. The molecule has 1 aromatic rings. The molecule has 25 heavy (non-hydrogen) atoms. The predicted octanol–water partition coefficient (Wildman–Crippen LogP) is 2.77. The topological polar surface area (TPSA) is 57.7 Å². The van der Waals surface area contributed by atoms with E-state index in [2.05, 4.69) is 13.8 Å². The molecular formula is C19H30N2O3S. The molecule has 0 spiro atoms. The van der Waals surface area contributed by atoms with Crippen LogP contribution in [0.2, 0.25) is 0 Å². The van der Waals surface area contributed by atoms with Gasteiger partial charge < -0.3 is 4.90 Å². The standard InChI is InChI=1S/C19H30N2O3S/c1-4-14-25(23,24)21-11-5-10-20(12-13-21)19(22)18-8-6-17(7-9-18)15-16(2)3/h6-9,16H,4-5,10-15H2,1-3H3. The molecule has 1 heterocycles. The first-order valence-electron chi connectivity index (χ1n) is 9.19. The molecule has 0 saturated carbocycles. The zero-order chi connectivity index (χ0) is 18.4. The number of nitrogens with zero attached hydrogens (tertiary/aromatic N) is 2. The predicted molar refractivity (Wildman–Crippen MR) is 101 cm³/mol. The zero-order valence-electron chi connectivity index (χ0n) is 15.6. The van der Waals surface area contributed by atoms with Crippen LogP contribution in [0.3, 0.4) is 0 Å². The molecule has 0 aromatic heterocycles. The second-order valence-corrected chi connectivity index (χ2v) is 9.24. The van der Waals surface area contributed by atoms with E-state index in [1.165, 1.54) is 9.87 Å². The van der Waals surface area contributed by atoms with Crippen LogP contribution >= 0.6 is 0 Å². The number of rotatable bonds is 6. The number of amides is 1. The third kappa shape index (κ3) is 5.54. The maximum absolute atomic E-state index is 12.7. The highest BCUT2D eigenvalue weighted by Crippen LogP contribution is 2.15. The lowest BCUT2D eigenvalue weighted by molar-refractivity contribution is 0.0764. The van der Waals surface area contributed by atoms with E-state index in [1.54, 1.807) is 4.90 Å². The lowest BCUT2D eigenvalue weighted by Gasteiger charge is -2.22. The monoisotopic (exact) mass is 366 g/mol. The largest absolute Gasteiger partial charge is 0.337 e. The molecule has 1 saturated heterocycles. The molecule has 1 aromatic carbocycles. The number of benzene rings is 1. The van der Waals surface area contributed by atoms with Gasteiger partial charge in [0.05, 0.1) is 5.75 Å². The molecule has 5 nitrogen and oxygen atoms in total. The van der Waals surface area contributed by atoms with Crippen LogP contribution in [0.15, 0.2) is 24.3 Å². The molecule has 1 aliphatic heterocycles. The number of hydrogen-bond acceptors (Lipinski definition) is 3. The Morgan fingerprint density at radius 2 is 1.76 bits per heavy atom. The molecule has 0 bridgehead atoms. The Bertz CT molecular complexity index is 668. The zero-order valence-corrected chi connectivity index (χ0v) is 16.4. The first-order valence-corrected chi connectivity index (χ1v) is 10.8. The minimum Gasteiger partial charge on any atom is -0.337 e. The van der Waals surface area contributed by atoms with Gasteiger partial charge in [0.1, 0.15) is 0 Å². The molecule has 0 aliphatic carbocycles. The third-order valence-corrected chi connectivity index (χ3v) is 6.52. The Morgan fingerprint density at radius 1 is 1.08 bits per heavy atom. The molecule has 140 valence electrons. The van der Waals surface area contributed by atoms with Crippen LogP contribution in [0.1, 0.15) is 49.5 Å². The van der Waals surface area contributed by atoms with Crippen LogP contribution in [-0.2, 0) is 16.4 Å². The first-order chi connectivity index (χ1) is 11.8. The Morgan fingerprint density at radius 3 is 2.36 bits per heavy atom. The van der Waals surface area contributed by atoms with Crippen molar-refractivity contribution in [1.82, 2.24) is 9.21 Å². The van der Waals surface area contributed by atoms with Gasteiger partial charge in [-0.3, -0.25) is 4.79 Å². The molecule has 2 rings (SSSR count). The smallest absolute Gasteiger partial charge is 0.253 e. The van der Waals surface area contributed by atoms with Gasteiger partial charge in [-0.25, -0.2) is 12.7 Å². The molecule has 0 unspecified atom stereocenters. The second kappa shape index (κ2) is 8.81. The average molecular weight is 367 g/mol. The summed E-state index contributed by atoms with van der Waals surface area (Å²) in [6, 6.07) is 7.80. The number of carbonyl (C=O) groups excluding carboxylic acids is 1. The first kappa shape index (κ1) is 19.9. The van der Waals surface area contributed by atoms with Crippen molar-refractivity contribution < 1.29 is 13.2 Å². The fourth-order valence-corrected chi connectivity index (χ4v) is 4.74. The van der Waals surface area contributed by atoms with Crippen LogP contribution in [0.25, 0.3) is 0 Å². The van der Waals surface area contributed by atoms with Crippen molar-refractivity contribution in [1.29, 1.82) is 0 Å². The van der Waals surface area contributed by atoms with Crippen LogP contribution < -0.4 is 0 Å². The molecule has 0 atom stereocenters. The van der Waals surface area contributed by atoms with Gasteiger partial charge in [-0.1, -0.05) is 32.9 Å². The van der Waals surface area contributed by atoms with Crippen molar-refractivity contribution in [2.75, 3.05) is 31.9 Å². The minimum absolute atomic E-state index is 0.00848. The highest BCUT2D eigenvalue weighted by atomic mass is 32.2. The van der Waals surface area contributed by atoms with E-state index in [-0.39, 0.29) is 11.7 Å². The van der Waals surface area contributed by atoms with Crippen molar-refractivity contribution >= 4 is 15.9 Å². The van der Waals surface area contributed by atoms with Gasteiger partial charge in [-0.2, -0.15) is 0 Å². The van der Waals surface area contributed by atoms with Crippen LogP contribution in [0, 0.1) is 5.92 Å².